The van der Waals surface area contributed by atoms with E-state index in [2.05, 4.69) is 15.0 Å². The van der Waals surface area contributed by atoms with Gasteiger partial charge >= 0.3 is 6.18 Å². The van der Waals surface area contributed by atoms with Gasteiger partial charge in [0, 0.05) is 37.1 Å². The Hall–Kier alpha value is -3.17. The predicted octanol–water partition coefficient (Wildman–Crippen LogP) is 3.53. The predicted molar refractivity (Wildman–Crippen MR) is 99.7 cm³/mol. The number of furan rings is 1. The molecule has 1 fully saturated rings. The monoisotopic (exact) mass is 419 g/mol. The number of hydrogen-bond donors (Lipinski definition) is 0. The molecule has 0 radical (unpaired) electrons. The Kier molecular flexibility index (Phi) is 5.31. The van der Waals surface area contributed by atoms with Crippen LogP contribution in [0.5, 0.6) is 0 Å². The van der Waals surface area contributed by atoms with Crippen molar-refractivity contribution < 1.29 is 22.4 Å². The maximum absolute atomic E-state index is 13.2. The number of carbonyl (C=O) groups is 1. The minimum atomic E-state index is -4.53. The number of amides is 1. The molecule has 0 bridgehead atoms. The maximum atomic E-state index is 13.2. The lowest BCUT2D eigenvalue weighted by atomic mass is 10.1. The third kappa shape index (κ3) is 4.22. The van der Waals surface area contributed by atoms with Gasteiger partial charge in [-0.2, -0.15) is 13.2 Å². The van der Waals surface area contributed by atoms with E-state index >= 15 is 0 Å². The summed E-state index contributed by atoms with van der Waals surface area (Å²) in [4.78, 5) is 26.3. The van der Waals surface area contributed by atoms with Crippen molar-refractivity contribution in [3.63, 3.8) is 0 Å². The summed E-state index contributed by atoms with van der Waals surface area (Å²) in [6.07, 6.45) is 1.43. The van der Waals surface area contributed by atoms with Crippen LogP contribution in [0, 0.1) is 0 Å². The average molecular weight is 419 g/mol. The zero-order valence-electron chi connectivity index (χ0n) is 16.3. The van der Waals surface area contributed by atoms with Crippen LogP contribution in [0.3, 0.4) is 0 Å². The number of rotatable bonds is 5. The summed E-state index contributed by atoms with van der Waals surface area (Å²) in [6, 6.07) is 4.31. The van der Waals surface area contributed by atoms with Crippen LogP contribution >= 0.6 is 0 Å². The third-order valence-corrected chi connectivity index (χ3v) is 5.06. The molecule has 1 aliphatic rings. The van der Waals surface area contributed by atoms with Crippen molar-refractivity contribution in [2.24, 2.45) is 0 Å². The lowest BCUT2D eigenvalue weighted by molar-refractivity contribution is -0.141. The molecule has 1 amide bonds. The Morgan fingerprint density at radius 1 is 1.30 bits per heavy atom. The quantitative estimate of drug-likeness (QED) is 0.632. The van der Waals surface area contributed by atoms with Crippen molar-refractivity contribution in [3.8, 4) is 0 Å². The molecule has 1 unspecified atom stereocenters. The maximum Gasteiger partial charge on any atom is 0.433 e. The Morgan fingerprint density at radius 3 is 2.83 bits per heavy atom. The lowest BCUT2D eigenvalue weighted by Crippen LogP contribution is -2.28. The lowest BCUT2D eigenvalue weighted by Gasteiger charge is -2.16. The standard InChI is InChI=1S/C20H20F3N5O2/c1-2-14-9-17(20(21,22)23)26-18(25-14)13-5-7-28(10-13)19(29)16-4-3-15(30-16)11-27-8-6-24-12-27/h3-4,6,8-9,12-13H,2,5,7,10-11H2,1H3. The number of nitrogens with zero attached hydrogens (tertiary/aromatic N) is 5. The fourth-order valence-corrected chi connectivity index (χ4v) is 3.48. The van der Waals surface area contributed by atoms with Crippen molar-refractivity contribution in [2.45, 2.75) is 38.4 Å². The molecule has 0 spiro atoms. The second kappa shape index (κ2) is 7.92. The summed E-state index contributed by atoms with van der Waals surface area (Å²) in [5.74, 6) is 0.307. The number of aromatic nitrogens is 4. The van der Waals surface area contributed by atoms with Crippen molar-refractivity contribution in [1.29, 1.82) is 0 Å². The van der Waals surface area contributed by atoms with E-state index in [9.17, 15) is 18.0 Å². The smallest absolute Gasteiger partial charge is 0.433 e. The van der Waals surface area contributed by atoms with Crippen molar-refractivity contribution >= 4 is 5.91 Å². The topological polar surface area (TPSA) is 77.0 Å². The van der Waals surface area contributed by atoms with Gasteiger partial charge in [0.25, 0.3) is 5.91 Å². The molecule has 1 atom stereocenters. The van der Waals surface area contributed by atoms with E-state index in [0.29, 0.717) is 37.4 Å². The van der Waals surface area contributed by atoms with Gasteiger partial charge in [0.05, 0.1) is 12.9 Å². The van der Waals surface area contributed by atoms with E-state index in [1.165, 1.54) is 0 Å². The molecule has 0 aromatic carbocycles. The number of aryl methyl sites for hydroxylation is 1. The minimum absolute atomic E-state index is 0.136. The first-order valence-electron chi connectivity index (χ1n) is 9.62. The highest BCUT2D eigenvalue weighted by molar-refractivity contribution is 5.91. The zero-order valence-corrected chi connectivity index (χ0v) is 16.3. The fraction of sp³-hybridized carbons (Fsp3) is 0.400. The van der Waals surface area contributed by atoms with Crippen molar-refractivity contribution in [1.82, 2.24) is 24.4 Å². The minimum Gasteiger partial charge on any atom is -0.454 e. The summed E-state index contributed by atoms with van der Waals surface area (Å²) in [6.45, 7) is 2.85. The van der Waals surface area contributed by atoms with E-state index < -0.39 is 11.9 Å². The third-order valence-electron chi connectivity index (χ3n) is 5.06. The molecule has 7 nitrogen and oxygen atoms in total. The van der Waals surface area contributed by atoms with Crippen molar-refractivity contribution in [2.75, 3.05) is 13.1 Å². The molecule has 4 rings (SSSR count). The SMILES string of the molecule is CCc1cc(C(F)(F)F)nc(C2CCN(C(=O)c3ccc(Cn4ccnc4)o3)C2)n1. The van der Waals surface area contributed by atoms with E-state index in [-0.39, 0.29) is 30.0 Å². The Labute approximate surface area is 170 Å². The molecule has 0 saturated carbocycles. The summed E-state index contributed by atoms with van der Waals surface area (Å²) in [5, 5.41) is 0. The molecule has 30 heavy (non-hydrogen) atoms. The molecular formula is C20H20F3N5O2. The number of likely N-dealkylation sites (tertiary alicyclic amines) is 1. The highest BCUT2D eigenvalue weighted by Gasteiger charge is 2.36. The fourth-order valence-electron chi connectivity index (χ4n) is 3.48. The number of imidazole rings is 1. The first-order valence-corrected chi connectivity index (χ1v) is 9.62. The zero-order chi connectivity index (χ0) is 21.3. The Morgan fingerprint density at radius 2 is 2.13 bits per heavy atom. The van der Waals surface area contributed by atoms with E-state index in [1.54, 1.807) is 42.7 Å². The summed E-state index contributed by atoms with van der Waals surface area (Å²) >= 11 is 0. The number of carbonyl (C=O) groups excluding carboxylic acids is 1. The van der Waals surface area contributed by atoms with Gasteiger partial charge in [0.1, 0.15) is 17.3 Å². The Bertz CT molecular complexity index is 1030. The van der Waals surface area contributed by atoms with Crippen LogP contribution in [-0.4, -0.2) is 43.4 Å². The van der Waals surface area contributed by atoms with Crippen LogP contribution in [0.4, 0.5) is 13.2 Å². The van der Waals surface area contributed by atoms with Gasteiger partial charge in [-0.3, -0.25) is 4.79 Å². The van der Waals surface area contributed by atoms with Gasteiger partial charge in [-0.15, -0.1) is 0 Å². The molecule has 158 valence electrons. The number of halogens is 3. The molecule has 0 N–H and O–H groups in total. The van der Waals surface area contributed by atoms with Crippen LogP contribution in [0.25, 0.3) is 0 Å². The van der Waals surface area contributed by atoms with Crippen molar-refractivity contribution in [3.05, 3.63) is 65.7 Å². The number of hydrogen-bond acceptors (Lipinski definition) is 5. The van der Waals surface area contributed by atoms with E-state index in [1.807, 2.05) is 4.57 Å². The number of alkyl halides is 3. The second-order valence-corrected chi connectivity index (χ2v) is 7.19. The largest absolute Gasteiger partial charge is 0.454 e. The molecule has 10 heteroatoms. The van der Waals surface area contributed by atoms with Gasteiger partial charge in [-0.1, -0.05) is 6.92 Å². The van der Waals surface area contributed by atoms with Gasteiger partial charge in [0.15, 0.2) is 5.76 Å². The highest BCUT2D eigenvalue weighted by Crippen LogP contribution is 2.31. The van der Waals surface area contributed by atoms with Gasteiger partial charge < -0.3 is 13.9 Å². The first kappa shape index (κ1) is 20.1. The molecule has 3 aromatic heterocycles. The van der Waals surface area contributed by atoms with Gasteiger partial charge in [-0.25, -0.2) is 15.0 Å². The summed E-state index contributed by atoms with van der Waals surface area (Å²) in [5.41, 5.74) is -0.600. The molecular weight excluding hydrogens is 399 g/mol. The normalized spacial score (nSPS) is 16.9. The van der Waals surface area contributed by atoms with Crippen LogP contribution in [0.15, 0.2) is 41.3 Å². The molecule has 4 heterocycles. The summed E-state index contributed by atoms with van der Waals surface area (Å²) < 4.78 is 47.0. The molecule has 0 aliphatic carbocycles. The van der Waals surface area contributed by atoms with Crippen LogP contribution in [-0.2, 0) is 19.1 Å². The Balaban J connectivity index is 1.47. The van der Waals surface area contributed by atoms with Crippen LogP contribution < -0.4 is 0 Å². The summed E-state index contributed by atoms with van der Waals surface area (Å²) in [7, 11) is 0. The first-order chi connectivity index (χ1) is 14.3. The molecule has 3 aromatic rings. The second-order valence-electron chi connectivity index (χ2n) is 7.19. The van der Waals surface area contributed by atoms with E-state index in [4.69, 9.17) is 4.42 Å². The van der Waals surface area contributed by atoms with Gasteiger partial charge in [-0.05, 0) is 31.0 Å². The van der Waals surface area contributed by atoms with Gasteiger partial charge in [0.2, 0.25) is 0 Å². The average Bonchev–Trinajstić information content (AvgIpc) is 3.48. The molecule has 1 saturated heterocycles. The molecule has 1 aliphatic heterocycles. The van der Waals surface area contributed by atoms with E-state index in [0.717, 1.165) is 6.07 Å². The van der Waals surface area contributed by atoms with Crippen LogP contribution in [0.2, 0.25) is 0 Å². The highest BCUT2D eigenvalue weighted by atomic mass is 19.4. The van der Waals surface area contributed by atoms with Crippen LogP contribution in [0.1, 0.15) is 52.8 Å².